The lowest BCUT2D eigenvalue weighted by atomic mass is 10.2. The van der Waals surface area contributed by atoms with Crippen LogP contribution in [-0.4, -0.2) is 18.0 Å². The van der Waals surface area contributed by atoms with Crippen LogP contribution in [-0.2, 0) is 0 Å². The molecule has 0 aliphatic rings. The Bertz CT molecular complexity index is 617. The summed E-state index contributed by atoms with van der Waals surface area (Å²) < 4.78 is 5.79. The number of hydrogen-bond donors (Lipinski definition) is 2. The van der Waals surface area contributed by atoms with Crippen molar-refractivity contribution in [3.8, 4) is 5.75 Å². The fraction of sp³-hybridized carbons (Fsp3) is 0.0769. The van der Waals surface area contributed by atoms with Crippen LogP contribution in [0.15, 0.2) is 41.0 Å². The van der Waals surface area contributed by atoms with E-state index < -0.39 is 0 Å². The second-order valence-corrected chi connectivity index (χ2v) is 4.60. The largest absolute Gasteiger partial charge is 0.495 e. The van der Waals surface area contributed by atoms with Crippen molar-refractivity contribution in [2.75, 3.05) is 18.2 Å². The molecule has 5 nitrogen and oxygen atoms in total. The van der Waals surface area contributed by atoms with Gasteiger partial charge in [-0.05, 0) is 46.3 Å². The normalized spacial score (nSPS) is 10.0. The van der Waals surface area contributed by atoms with Gasteiger partial charge in [0, 0.05) is 11.8 Å². The summed E-state index contributed by atoms with van der Waals surface area (Å²) in [6, 6.07) is 8.41. The minimum Gasteiger partial charge on any atom is -0.495 e. The molecule has 2 aromatic rings. The van der Waals surface area contributed by atoms with Crippen LogP contribution in [0, 0.1) is 0 Å². The predicted octanol–water partition coefficient (Wildman–Crippen LogP) is 2.69. The summed E-state index contributed by atoms with van der Waals surface area (Å²) in [5.41, 5.74) is 6.63. The van der Waals surface area contributed by atoms with Gasteiger partial charge in [0.1, 0.15) is 11.6 Å². The average molecular weight is 322 g/mol. The van der Waals surface area contributed by atoms with Crippen LogP contribution in [0.5, 0.6) is 5.75 Å². The first-order valence-electron chi connectivity index (χ1n) is 5.47. The molecule has 1 amide bonds. The van der Waals surface area contributed by atoms with Crippen LogP contribution in [0.4, 0.5) is 11.5 Å². The standard InChI is InChI=1S/C13H12BrN3O2/c1-19-11-7-8(4-5-10(11)15)13(18)17-12-9(14)3-2-6-16-12/h2-7H,15H2,1H3,(H,16,17,18). The van der Waals surface area contributed by atoms with Crippen LogP contribution in [0.1, 0.15) is 10.4 Å². The van der Waals surface area contributed by atoms with Crippen LogP contribution in [0.25, 0.3) is 0 Å². The zero-order chi connectivity index (χ0) is 13.8. The first-order chi connectivity index (χ1) is 9.11. The highest BCUT2D eigenvalue weighted by Crippen LogP contribution is 2.24. The van der Waals surface area contributed by atoms with Gasteiger partial charge in [0.25, 0.3) is 5.91 Å². The number of aromatic nitrogens is 1. The molecule has 0 bridgehead atoms. The lowest BCUT2D eigenvalue weighted by Gasteiger charge is -2.08. The van der Waals surface area contributed by atoms with E-state index in [1.54, 1.807) is 36.5 Å². The van der Waals surface area contributed by atoms with Gasteiger partial charge in [0.2, 0.25) is 0 Å². The number of benzene rings is 1. The summed E-state index contributed by atoms with van der Waals surface area (Å²) >= 11 is 3.32. The van der Waals surface area contributed by atoms with Gasteiger partial charge < -0.3 is 15.8 Å². The van der Waals surface area contributed by atoms with E-state index in [4.69, 9.17) is 10.5 Å². The second kappa shape index (κ2) is 5.71. The molecule has 0 saturated carbocycles. The topological polar surface area (TPSA) is 77.2 Å². The van der Waals surface area contributed by atoms with E-state index in [1.165, 1.54) is 7.11 Å². The Kier molecular flexibility index (Phi) is 4.01. The van der Waals surface area contributed by atoms with Crippen LogP contribution < -0.4 is 15.8 Å². The maximum absolute atomic E-state index is 12.1. The van der Waals surface area contributed by atoms with Crippen molar-refractivity contribution in [3.05, 3.63) is 46.6 Å². The van der Waals surface area contributed by atoms with Crippen LogP contribution >= 0.6 is 15.9 Å². The first kappa shape index (κ1) is 13.4. The Labute approximate surface area is 118 Å². The van der Waals surface area contributed by atoms with Crippen molar-refractivity contribution in [1.82, 2.24) is 4.98 Å². The summed E-state index contributed by atoms with van der Waals surface area (Å²) in [6.07, 6.45) is 1.60. The minimum absolute atomic E-state index is 0.280. The molecule has 1 aromatic carbocycles. The summed E-state index contributed by atoms with van der Waals surface area (Å²) in [7, 11) is 1.50. The smallest absolute Gasteiger partial charge is 0.256 e. The van der Waals surface area contributed by atoms with E-state index in [1.807, 2.05) is 0 Å². The van der Waals surface area contributed by atoms with Gasteiger partial charge in [-0.2, -0.15) is 0 Å². The molecule has 6 heteroatoms. The third kappa shape index (κ3) is 3.03. The summed E-state index contributed by atoms with van der Waals surface area (Å²) in [4.78, 5) is 16.1. The molecular formula is C13H12BrN3O2. The molecule has 0 saturated heterocycles. The highest BCUT2D eigenvalue weighted by Gasteiger charge is 2.11. The number of carbonyl (C=O) groups is 1. The van der Waals surface area contributed by atoms with Crippen molar-refractivity contribution in [2.45, 2.75) is 0 Å². The fourth-order valence-corrected chi connectivity index (χ4v) is 1.86. The number of rotatable bonds is 3. The van der Waals surface area contributed by atoms with Gasteiger partial charge in [-0.25, -0.2) is 4.98 Å². The molecule has 3 N–H and O–H groups in total. The molecule has 1 aromatic heterocycles. The number of methoxy groups -OCH3 is 1. The van der Waals surface area contributed by atoms with Gasteiger partial charge in [-0.1, -0.05) is 0 Å². The van der Waals surface area contributed by atoms with Crippen molar-refractivity contribution < 1.29 is 9.53 Å². The summed E-state index contributed by atoms with van der Waals surface area (Å²) in [5, 5.41) is 2.70. The molecule has 0 atom stereocenters. The predicted molar refractivity (Wildman–Crippen MR) is 77.3 cm³/mol. The Balaban J connectivity index is 2.23. The maximum atomic E-state index is 12.1. The Morgan fingerprint density at radius 2 is 2.21 bits per heavy atom. The van der Waals surface area contributed by atoms with Crippen LogP contribution in [0.3, 0.4) is 0 Å². The number of amides is 1. The van der Waals surface area contributed by atoms with Crippen molar-refractivity contribution in [1.29, 1.82) is 0 Å². The van der Waals surface area contributed by atoms with Gasteiger partial charge in [-0.15, -0.1) is 0 Å². The molecule has 0 radical (unpaired) electrons. The third-order valence-corrected chi connectivity index (χ3v) is 3.13. The zero-order valence-corrected chi connectivity index (χ0v) is 11.8. The van der Waals surface area contributed by atoms with Crippen molar-refractivity contribution in [2.24, 2.45) is 0 Å². The molecule has 0 fully saturated rings. The van der Waals surface area contributed by atoms with Gasteiger partial charge >= 0.3 is 0 Å². The maximum Gasteiger partial charge on any atom is 0.256 e. The average Bonchev–Trinajstić information content (AvgIpc) is 2.42. The molecule has 98 valence electrons. The quantitative estimate of drug-likeness (QED) is 0.852. The van der Waals surface area contributed by atoms with E-state index in [-0.39, 0.29) is 5.91 Å². The van der Waals surface area contributed by atoms with E-state index in [0.29, 0.717) is 27.3 Å². The van der Waals surface area contributed by atoms with E-state index in [9.17, 15) is 4.79 Å². The summed E-state index contributed by atoms with van der Waals surface area (Å²) in [6.45, 7) is 0. The zero-order valence-electron chi connectivity index (χ0n) is 10.2. The number of pyridine rings is 1. The minimum atomic E-state index is -0.280. The Hall–Kier alpha value is -2.08. The SMILES string of the molecule is COc1cc(C(=O)Nc2ncccc2Br)ccc1N. The van der Waals surface area contributed by atoms with E-state index in [2.05, 4.69) is 26.2 Å². The number of nitrogens with zero attached hydrogens (tertiary/aromatic N) is 1. The number of carbonyl (C=O) groups excluding carboxylic acids is 1. The number of hydrogen-bond acceptors (Lipinski definition) is 4. The van der Waals surface area contributed by atoms with Crippen LogP contribution in [0.2, 0.25) is 0 Å². The molecule has 19 heavy (non-hydrogen) atoms. The molecule has 0 aliphatic carbocycles. The van der Waals surface area contributed by atoms with Gasteiger partial charge in [0.05, 0.1) is 17.3 Å². The van der Waals surface area contributed by atoms with Crippen molar-refractivity contribution >= 4 is 33.3 Å². The van der Waals surface area contributed by atoms with Crippen molar-refractivity contribution in [3.63, 3.8) is 0 Å². The molecule has 0 spiro atoms. The lowest BCUT2D eigenvalue weighted by molar-refractivity contribution is 0.102. The molecule has 0 aliphatic heterocycles. The van der Waals surface area contributed by atoms with Gasteiger partial charge in [0.15, 0.2) is 0 Å². The highest BCUT2D eigenvalue weighted by molar-refractivity contribution is 9.10. The number of halogens is 1. The molecule has 0 unspecified atom stereocenters. The summed E-state index contributed by atoms with van der Waals surface area (Å²) in [5.74, 6) is 0.647. The van der Waals surface area contributed by atoms with Gasteiger partial charge in [-0.3, -0.25) is 4.79 Å². The highest BCUT2D eigenvalue weighted by atomic mass is 79.9. The monoisotopic (exact) mass is 321 g/mol. The first-order valence-corrected chi connectivity index (χ1v) is 6.26. The number of nitrogen functional groups attached to an aromatic ring is 1. The molecule has 2 rings (SSSR count). The second-order valence-electron chi connectivity index (χ2n) is 3.74. The fourth-order valence-electron chi connectivity index (χ4n) is 1.51. The number of nitrogens with one attached hydrogen (secondary N) is 1. The molecule has 1 heterocycles. The Morgan fingerprint density at radius 1 is 1.42 bits per heavy atom. The number of ether oxygens (including phenoxy) is 1. The third-order valence-electron chi connectivity index (χ3n) is 2.49. The Morgan fingerprint density at radius 3 is 2.89 bits per heavy atom. The number of anilines is 2. The number of nitrogens with two attached hydrogens (primary N) is 1. The van der Waals surface area contributed by atoms with E-state index in [0.717, 1.165) is 0 Å². The lowest BCUT2D eigenvalue weighted by Crippen LogP contribution is -2.13. The van der Waals surface area contributed by atoms with E-state index >= 15 is 0 Å². The molecular weight excluding hydrogens is 310 g/mol.